The molecule has 3 rings (SSSR count). The molecule has 1 aromatic heterocycles. The minimum atomic E-state index is -0.388. The van der Waals surface area contributed by atoms with Crippen LogP contribution >= 0.6 is 27.5 Å². The Bertz CT molecular complexity index is 957. The first-order valence-electron chi connectivity index (χ1n) is 8.57. The van der Waals surface area contributed by atoms with Crippen LogP contribution in [0.15, 0.2) is 65.3 Å². The number of aliphatic hydroxyl groups excluding tert-OH is 1. The topological polar surface area (TPSA) is 50.2 Å². The second-order valence-electron chi connectivity index (χ2n) is 6.44. The molecular weight excluding hydrogens is 426 g/mol. The van der Waals surface area contributed by atoms with Crippen LogP contribution in [0, 0.1) is 6.92 Å². The largest absolute Gasteiger partial charge is 0.390 e. The summed E-state index contributed by atoms with van der Waals surface area (Å²) in [5.41, 5.74) is 4.26. The van der Waals surface area contributed by atoms with Crippen molar-refractivity contribution in [2.45, 2.75) is 25.9 Å². The van der Waals surface area contributed by atoms with Crippen molar-refractivity contribution in [1.82, 2.24) is 4.98 Å². The smallest absolute Gasteiger partial charge is 0.149 e. The third kappa shape index (κ3) is 4.83. The fraction of sp³-hybridized carbons (Fsp3) is 0.182. The molecule has 0 aliphatic carbocycles. The average Bonchev–Trinajstić information content (AvgIpc) is 2.65. The first-order valence-corrected chi connectivity index (χ1v) is 9.74. The molecule has 3 aromatic rings. The van der Waals surface area contributed by atoms with E-state index in [1.54, 1.807) is 12.3 Å². The molecule has 1 unspecified atom stereocenters. The Kier molecular flexibility index (Phi) is 6.42. The Balaban J connectivity index is 2.00. The lowest BCUT2D eigenvalue weighted by Crippen LogP contribution is -2.18. The van der Waals surface area contributed by atoms with Crippen molar-refractivity contribution in [3.05, 3.63) is 98.2 Å². The number of rotatable bonds is 6. The maximum Gasteiger partial charge on any atom is 0.149 e. The lowest BCUT2D eigenvalue weighted by Gasteiger charge is -2.20. The summed E-state index contributed by atoms with van der Waals surface area (Å²) in [6.45, 7) is 1.82. The van der Waals surface area contributed by atoms with Gasteiger partial charge in [-0.05, 0) is 65.6 Å². The normalized spacial score (nSPS) is 12.0. The van der Waals surface area contributed by atoms with Crippen LogP contribution in [0.4, 0.5) is 0 Å². The second kappa shape index (κ2) is 8.79. The highest BCUT2D eigenvalue weighted by molar-refractivity contribution is 9.10. The van der Waals surface area contributed by atoms with Crippen LogP contribution in [0.1, 0.15) is 33.9 Å². The number of Topliss-reactive ketones (excluding diaryl/α,β-unsaturated/α-hetero) is 1. The number of carbonyl (C=O) groups excluding carboxylic acids is 1. The van der Waals surface area contributed by atoms with Crippen molar-refractivity contribution >= 4 is 33.3 Å². The quantitative estimate of drug-likeness (QED) is 0.565. The number of hydrogen-bond donors (Lipinski definition) is 1. The minimum absolute atomic E-state index is 0.0813. The van der Waals surface area contributed by atoms with Crippen molar-refractivity contribution in [3.8, 4) is 0 Å². The van der Waals surface area contributed by atoms with Crippen LogP contribution in [0.25, 0.3) is 0 Å². The number of nitrogens with zero attached hydrogens (tertiary/aromatic N) is 1. The fourth-order valence-corrected chi connectivity index (χ4v) is 3.68. The molecule has 0 fully saturated rings. The van der Waals surface area contributed by atoms with E-state index in [2.05, 4.69) is 20.9 Å². The molecule has 0 saturated carbocycles. The molecule has 5 heteroatoms. The number of aromatic nitrogens is 1. The summed E-state index contributed by atoms with van der Waals surface area (Å²) >= 11 is 9.56. The van der Waals surface area contributed by atoms with Gasteiger partial charge in [0.2, 0.25) is 0 Å². The van der Waals surface area contributed by atoms with E-state index >= 15 is 0 Å². The highest BCUT2D eigenvalue weighted by Gasteiger charge is 2.24. The Morgan fingerprint density at radius 2 is 1.89 bits per heavy atom. The van der Waals surface area contributed by atoms with E-state index in [-0.39, 0.29) is 24.7 Å². The van der Waals surface area contributed by atoms with Crippen molar-refractivity contribution in [2.24, 2.45) is 0 Å². The summed E-state index contributed by atoms with van der Waals surface area (Å²) in [4.78, 5) is 17.4. The number of aryl methyl sites for hydroxylation is 1. The highest BCUT2D eigenvalue weighted by atomic mass is 79.9. The summed E-state index contributed by atoms with van der Waals surface area (Å²) in [5, 5.41) is 9.94. The molecule has 0 radical (unpaired) electrons. The molecule has 0 aliphatic rings. The molecule has 3 nitrogen and oxygen atoms in total. The summed E-state index contributed by atoms with van der Waals surface area (Å²) in [6.07, 6.45) is 1.88. The van der Waals surface area contributed by atoms with Gasteiger partial charge in [-0.2, -0.15) is 0 Å². The number of halogens is 2. The lowest BCUT2D eigenvalue weighted by atomic mass is 9.83. The summed E-state index contributed by atoms with van der Waals surface area (Å²) in [7, 11) is 0. The van der Waals surface area contributed by atoms with E-state index < -0.39 is 0 Å². The van der Waals surface area contributed by atoms with E-state index in [1.165, 1.54) is 0 Å². The Hall–Kier alpha value is -2.01. The number of pyridine rings is 1. The number of carbonyl (C=O) groups is 1. The van der Waals surface area contributed by atoms with E-state index in [9.17, 15) is 9.90 Å². The van der Waals surface area contributed by atoms with Gasteiger partial charge in [-0.15, -0.1) is 0 Å². The van der Waals surface area contributed by atoms with Crippen LogP contribution in [-0.2, 0) is 17.8 Å². The third-order valence-electron chi connectivity index (χ3n) is 4.49. The molecule has 0 spiro atoms. The predicted octanol–water partition coefficient (Wildman–Crippen LogP) is 5.24. The van der Waals surface area contributed by atoms with Gasteiger partial charge in [0.1, 0.15) is 5.78 Å². The van der Waals surface area contributed by atoms with Crippen molar-refractivity contribution in [2.75, 3.05) is 0 Å². The van der Waals surface area contributed by atoms with Crippen LogP contribution in [-0.4, -0.2) is 15.9 Å². The number of ketones is 1. The zero-order valence-electron chi connectivity index (χ0n) is 14.8. The standard InChI is InChI=1S/C22H19BrClNO2/c1-14-10-18(24)6-7-20(14)22(16-2-4-17(23)5-3-16)21(27)12-15-8-9-25-19(11-15)13-26/h2-11,22,26H,12-13H2,1H3. The van der Waals surface area contributed by atoms with Gasteiger partial charge < -0.3 is 5.11 Å². The second-order valence-corrected chi connectivity index (χ2v) is 7.79. The predicted molar refractivity (Wildman–Crippen MR) is 111 cm³/mol. The monoisotopic (exact) mass is 443 g/mol. The number of aliphatic hydroxyl groups is 1. The molecule has 0 saturated heterocycles. The maximum absolute atomic E-state index is 13.3. The molecule has 0 amide bonds. The maximum atomic E-state index is 13.3. The lowest BCUT2D eigenvalue weighted by molar-refractivity contribution is -0.119. The van der Waals surface area contributed by atoms with Gasteiger partial charge in [0.05, 0.1) is 18.2 Å². The SMILES string of the molecule is Cc1cc(Cl)ccc1C(C(=O)Cc1ccnc(CO)c1)c1ccc(Br)cc1. The summed E-state index contributed by atoms with van der Waals surface area (Å²) < 4.78 is 0.965. The van der Waals surface area contributed by atoms with Gasteiger partial charge in [-0.25, -0.2) is 0 Å². The molecule has 1 atom stereocenters. The van der Waals surface area contributed by atoms with Gasteiger partial charge in [0.25, 0.3) is 0 Å². The molecule has 1 heterocycles. The third-order valence-corrected chi connectivity index (χ3v) is 5.25. The number of hydrogen-bond acceptors (Lipinski definition) is 3. The van der Waals surface area contributed by atoms with Crippen LogP contribution < -0.4 is 0 Å². The molecule has 0 bridgehead atoms. The van der Waals surface area contributed by atoms with Crippen LogP contribution in [0.5, 0.6) is 0 Å². The molecule has 138 valence electrons. The van der Waals surface area contributed by atoms with E-state index in [0.29, 0.717) is 10.7 Å². The molecule has 1 N–H and O–H groups in total. The number of benzene rings is 2. The van der Waals surface area contributed by atoms with E-state index in [1.807, 2.05) is 55.5 Å². The zero-order chi connectivity index (χ0) is 19.4. The summed E-state index contributed by atoms with van der Waals surface area (Å²) in [5.74, 6) is -0.307. The Morgan fingerprint density at radius 3 is 2.56 bits per heavy atom. The molecule has 2 aromatic carbocycles. The van der Waals surface area contributed by atoms with Gasteiger partial charge in [0, 0.05) is 22.1 Å². The molecule has 27 heavy (non-hydrogen) atoms. The highest BCUT2D eigenvalue weighted by Crippen LogP contribution is 2.31. The minimum Gasteiger partial charge on any atom is -0.390 e. The van der Waals surface area contributed by atoms with E-state index in [0.717, 1.165) is 26.7 Å². The molecular formula is C22H19BrClNO2. The van der Waals surface area contributed by atoms with Gasteiger partial charge in [-0.3, -0.25) is 9.78 Å². The fourth-order valence-electron chi connectivity index (χ4n) is 3.18. The molecule has 0 aliphatic heterocycles. The summed E-state index contributed by atoms with van der Waals surface area (Å²) in [6, 6.07) is 17.0. The van der Waals surface area contributed by atoms with Gasteiger partial charge >= 0.3 is 0 Å². The van der Waals surface area contributed by atoms with Crippen LogP contribution in [0.3, 0.4) is 0 Å². The van der Waals surface area contributed by atoms with Crippen molar-refractivity contribution < 1.29 is 9.90 Å². The first-order chi connectivity index (χ1) is 13.0. The van der Waals surface area contributed by atoms with Crippen molar-refractivity contribution in [1.29, 1.82) is 0 Å². The first kappa shape index (κ1) is 19.7. The average molecular weight is 445 g/mol. The van der Waals surface area contributed by atoms with Gasteiger partial charge in [0.15, 0.2) is 0 Å². The van der Waals surface area contributed by atoms with Crippen molar-refractivity contribution in [3.63, 3.8) is 0 Å². The Morgan fingerprint density at radius 1 is 1.15 bits per heavy atom. The van der Waals surface area contributed by atoms with Gasteiger partial charge in [-0.1, -0.05) is 45.7 Å². The Labute approximate surface area is 172 Å². The van der Waals surface area contributed by atoms with Crippen LogP contribution in [0.2, 0.25) is 5.02 Å². The zero-order valence-corrected chi connectivity index (χ0v) is 17.2. The van der Waals surface area contributed by atoms with E-state index in [4.69, 9.17) is 11.6 Å².